The van der Waals surface area contributed by atoms with Crippen molar-refractivity contribution in [2.45, 2.75) is 5.92 Å². The maximum Gasteiger partial charge on any atom is 0.211 e. The standard InChI is InChI=1S/C27H22ClNO4/c28-23-13-7-12-22(18-23)24(19-29(32)33)27(25(30)16-14-20-8-3-1-4-9-20)26(31)17-15-21-10-5-2-6-11-21/h1-18,24,27H,19H2/b16-14+,17-15+/t24-/m1/s1. The van der Waals surface area contributed by atoms with Gasteiger partial charge in [0.15, 0.2) is 11.6 Å². The van der Waals surface area contributed by atoms with Crippen LogP contribution in [0.15, 0.2) is 97.1 Å². The number of ketones is 2. The van der Waals surface area contributed by atoms with Crippen molar-refractivity contribution < 1.29 is 14.5 Å². The minimum Gasteiger partial charge on any atom is -0.294 e. The highest BCUT2D eigenvalue weighted by Gasteiger charge is 2.36. The van der Waals surface area contributed by atoms with E-state index in [0.29, 0.717) is 10.6 Å². The quantitative estimate of drug-likeness (QED) is 0.164. The van der Waals surface area contributed by atoms with E-state index < -0.39 is 34.9 Å². The predicted octanol–water partition coefficient (Wildman–Crippen LogP) is 5.88. The van der Waals surface area contributed by atoms with Crippen molar-refractivity contribution in [1.82, 2.24) is 0 Å². The molecule has 0 fully saturated rings. The number of carbonyl (C=O) groups is 2. The second-order valence-electron chi connectivity index (χ2n) is 7.45. The van der Waals surface area contributed by atoms with E-state index in [0.717, 1.165) is 11.1 Å². The number of rotatable bonds is 10. The lowest BCUT2D eigenvalue weighted by molar-refractivity contribution is -0.484. The summed E-state index contributed by atoms with van der Waals surface area (Å²) in [4.78, 5) is 37.5. The van der Waals surface area contributed by atoms with Crippen molar-refractivity contribution in [3.05, 3.63) is 129 Å². The highest BCUT2D eigenvalue weighted by Crippen LogP contribution is 2.30. The van der Waals surface area contributed by atoms with Crippen molar-refractivity contribution in [2.24, 2.45) is 5.92 Å². The first-order valence-corrected chi connectivity index (χ1v) is 10.7. The van der Waals surface area contributed by atoms with E-state index in [1.165, 1.54) is 12.2 Å². The van der Waals surface area contributed by atoms with Crippen molar-refractivity contribution in [1.29, 1.82) is 0 Å². The Balaban J connectivity index is 2.00. The van der Waals surface area contributed by atoms with E-state index >= 15 is 0 Å². The molecule has 0 heterocycles. The first-order valence-electron chi connectivity index (χ1n) is 10.4. The summed E-state index contributed by atoms with van der Waals surface area (Å²) < 4.78 is 0. The molecule has 0 saturated carbocycles. The molecular weight excluding hydrogens is 438 g/mol. The van der Waals surface area contributed by atoms with Crippen LogP contribution in [-0.4, -0.2) is 23.0 Å². The summed E-state index contributed by atoms with van der Waals surface area (Å²) in [6.45, 7) is -0.582. The van der Waals surface area contributed by atoms with Gasteiger partial charge in [-0.1, -0.05) is 96.5 Å². The fourth-order valence-electron chi connectivity index (χ4n) is 3.53. The number of hydrogen-bond acceptors (Lipinski definition) is 4. The number of nitro groups is 1. The average molecular weight is 460 g/mol. The average Bonchev–Trinajstić information content (AvgIpc) is 2.82. The molecule has 3 aromatic carbocycles. The van der Waals surface area contributed by atoms with Gasteiger partial charge in [-0.25, -0.2) is 0 Å². The highest BCUT2D eigenvalue weighted by atomic mass is 35.5. The lowest BCUT2D eigenvalue weighted by Crippen LogP contribution is -2.32. The molecule has 1 atom stereocenters. The molecule has 0 aromatic heterocycles. The topological polar surface area (TPSA) is 77.3 Å². The molecule has 0 N–H and O–H groups in total. The number of benzene rings is 3. The summed E-state index contributed by atoms with van der Waals surface area (Å²) >= 11 is 6.10. The molecule has 0 radical (unpaired) electrons. The Morgan fingerprint density at radius 1 is 0.818 bits per heavy atom. The summed E-state index contributed by atoms with van der Waals surface area (Å²) in [5.41, 5.74) is 2.03. The predicted molar refractivity (Wildman–Crippen MR) is 131 cm³/mol. The SMILES string of the molecule is O=C(/C=C/c1ccccc1)C(C(=O)/C=C/c1ccccc1)[C@H](C[N+](=O)[O-])c1cccc(Cl)c1. The van der Waals surface area contributed by atoms with Crippen LogP contribution in [0.3, 0.4) is 0 Å². The highest BCUT2D eigenvalue weighted by molar-refractivity contribution is 6.30. The minimum absolute atomic E-state index is 0.374. The van der Waals surface area contributed by atoms with Gasteiger partial charge in [0.25, 0.3) is 0 Å². The lowest BCUT2D eigenvalue weighted by atomic mass is 9.80. The molecule has 0 aliphatic carbocycles. The summed E-state index contributed by atoms with van der Waals surface area (Å²) in [6.07, 6.45) is 5.83. The molecule has 0 bridgehead atoms. The van der Waals surface area contributed by atoms with Crippen LogP contribution in [0.1, 0.15) is 22.6 Å². The van der Waals surface area contributed by atoms with Crippen LogP contribution < -0.4 is 0 Å². The fraction of sp³-hybridized carbons (Fsp3) is 0.111. The molecule has 5 nitrogen and oxygen atoms in total. The van der Waals surface area contributed by atoms with Gasteiger partial charge in [0.2, 0.25) is 6.54 Å². The van der Waals surface area contributed by atoms with Crippen molar-refractivity contribution in [2.75, 3.05) is 6.54 Å². The Bertz CT molecular complexity index is 1110. The zero-order valence-electron chi connectivity index (χ0n) is 17.7. The van der Waals surface area contributed by atoms with Gasteiger partial charge in [-0.2, -0.15) is 0 Å². The van der Waals surface area contributed by atoms with E-state index in [1.54, 1.807) is 36.4 Å². The third-order valence-corrected chi connectivity index (χ3v) is 5.35. The first kappa shape index (κ1) is 23.8. The molecule has 0 aliphatic heterocycles. The van der Waals surface area contributed by atoms with Crippen LogP contribution in [0.2, 0.25) is 5.02 Å². The molecule has 3 rings (SSSR count). The van der Waals surface area contributed by atoms with E-state index in [9.17, 15) is 19.7 Å². The Morgan fingerprint density at radius 2 is 1.33 bits per heavy atom. The molecule has 3 aromatic rings. The van der Waals surface area contributed by atoms with Crippen molar-refractivity contribution in [3.8, 4) is 0 Å². The van der Waals surface area contributed by atoms with Crippen LogP contribution in [0.4, 0.5) is 0 Å². The monoisotopic (exact) mass is 459 g/mol. The Morgan fingerprint density at radius 3 is 1.79 bits per heavy atom. The van der Waals surface area contributed by atoms with Crippen LogP contribution in [0.5, 0.6) is 0 Å². The molecule has 166 valence electrons. The molecule has 0 amide bonds. The van der Waals surface area contributed by atoms with Crippen LogP contribution in [0.25, 0.3) is 12.2 Å². The van der Waals surface area contributed by atoms with Gasteiger partial charge in [0.1, 0.15) is 0 Å². The van der Waals surface area contributed by atoms with Crippen molar-refractivity contribution >= 4 is 35.3 Å². The molecule has 0 spiro atoms. The second-order valence-corrected chi connectivity index (χ2v) is 7.88. The lowest BCUT2D eigenvalue weighted by Gasteiger charge is -2.21. The van der Waals surface area contributed by atoms with Gasteiger partial charge in [-0.15, -0.1) is 0 Å². The maximum atomic E-state index is 13.3. The summed E-state index contributed by atoms with van der Waals surface area (Å²) in [7, 11) is 0. The summed E-state index contributed by atoms with van der Waals surface area (Å²) in [5.74, 6) is -3.25. The van der Waals surface area contributed by atoms with Crippen LogP contribution in [-0.2, 0) is 9.59 Å². The number of carbonyl (C=O) groups excluding carboxylic acids is 2. The molecule has 0 saturated heterocycles. The Kier molecular flexibility index (Phi) is 8.44. The Hall–Kier alpha value is -3.83. The number of halogens is 1. The number of hydrogen-bond donors (Lipinski definition) is 0. The van der Waals surface area contributed by atoms with Gasteiger partial charge in [-0.3, -0.25) is 19.7 Å². The van der Waals surface area contributed by atoms with E-state index in [1.807, 2.05) is 60.7 Å². The van der Waals surface area contributed by atoms with E-state index in [4.69, 9.17) is 11.6 Å². The van der Waals surface area contributed by atoms with E-state index in [2.05, 4.69) is 0 Å². The number of nitrogens with zero attached hydrogens (tertiary/aromatic N) is 1. The van der Waals surface area contributed by atoms with Crippen LogP contribution >= 0.6 is 11.6 Å². The summed E-state index contributed by atoms with van der Waals surface area (Å²) in [5, 5.41) is 11.9. The zero-order chi connectivity index (χ0) is 23.6. The number of allylic oxidation sites excluding steroid dienone is 2. The van der Waals surface area contributed by atoms with Gasteiger partial charge >= 0.3 is 0 Å². The zero-order valence-corrected chi connectivity index (χ0v) is 18.5. The normalized spacial score (nSPS) is 12.3. The summed E-state index contributed by atoms with van der Waals surface area (Å²) in [6, 6.07) is 24.8. The molecule has 0 aliphatic rings. The van der Waals surface area contributed by atoms with Crippen molar-refractivity contribution in [3.63, 3.8) is 0 Å². The fourth-order valence-corrected chi connectivity index (χ4v) is 3.73. The minimum atomic E-state index is -1.27. The van der Waals surface area contributed by atoms with Gasteiger partial charge in [0.05, 0.1) is 11.8 Å². The maximum absolute atomic E-state index is 13.3. The van der Waals surface area contributed by atoms with Gasteiger partial charge in [0, 0.05) is 9.95 Å². The largest absolute Gasteiger partial charge is 0.294 e. The molecule has 33 heavy (non-hydrogen) atoms. The molecule has 0 unspecified atom stereocenters. The van der Waals surface area contributed by atoms with E-state index in [-0.39, 0.29) is 0 Å². The van der Waals surface area contributed by atoms with Gasteiger partial charge in [-0.05, 0) is 41.0 Å². The van der Waals surface area contributed by atoms with Gasteiger partial charge < -0.3 is 0 Å². The first-order chi connectivity index (χ1) is 15.9. The van der Waals surface area contributed by atoms with Crippen LogP contribution in [0, 0.1) is 16.0 Å². The second kappa shape index (κ2) is 11.7. The third kappa shape index (κ3) is 7.09. The molecular formula is C27H22ClNO4. The molecule has 6 heteroatoms. The third-order valence-electron chi connectivity index (χ3n) is 5.12. The Labute approximate surface area is 197 Å². The smallest absolute Gasteiger partial charge is 0.211 e.